The molecule has 2 N–H and O–H groups in total. The second-order valence-electron chi connectivity index (χ2n) is 3.44. The second-order valence-corrected chi connectivity index (χ2v) is 3.87. The Balaban J connectivity index is 3.01. The van der Waals surface area contributed by atoms with Gasteiger partial charge in [0.05, 0.1) is 0 Å². The standard InChI is InChI=1S/C10H13ClFN/c1-6(2)10(13)8-4-3-7(11)5-9(8)12/h3-6,10H,13H2,1-2H3/t10-/m0/s1. The molecule has 0 aromatic heterocycles. The minimum atomic E-state index is -0.325. The molecule has 0 unspecified atom stereocenters. The molecule has 0 fully saturated rings. The Bertz CT molecular complexity index is 299. The molecule has 1 rings (SSSR count). The van der Waals surface area contributed by atoms with E-state index < -0.39 is 0 Å². The highest BCUT2D eigenvalue weighted by atomic mass is 35.5. The summed E-state index contributed by atoms with van der Waals surface area (Å²) in [6, 6.07) is 4.32. The topological polar surface area (TPSA) is 26.0 Å². The maximum absolute atomic E-state index is 13.3. The molecule has 1 nitrogen and oxygen atoms in total. The first-order valence-corrected chi connectivity index (χ1v) is 4.60. The van der Waals surface area contributed by atoms with Gasteiger partial charge in [0.1, 0.15) is 5.82 Å². The summed E-state index contributed by atoms with van der Waals surface area (Å²) in [5.74, 6) is -0.107. The van der Waals surface area contributed by atoms with Crippen LogP contribution in [0.2, 0.25) is 5.02 Å². The summed E-state index contributed by atoms with van der Waals surface area (Å²) in [5, 5.41) is 0.400. The molecule has 1 aromatic rings. The van der Waals surface area contributed by atoms with Crippen molar-refractivity contribution in [1.29, 1.82) is 0 Å². The van der Waals surface area contributed by atoms with Crippen LogP contribution in [0.3, 0.4) is 0 Å². The van der Waals surface area contributed by atoms with Crippen molar-refractivity contribution < 1.29 is 4.39 Å². The maximum Gasteiger partial charge on any atom is 0.129 e. The molecule has 0 aliphatic carbocycles. The first-order chi connectivity index (χ1) is 6.02. The van der Waals surface area contributed by atoms with Gasteiger partial charge in [-0.3, -0.25) is 0 Å². The van der Waals surface area contributed by atoms with Crippen LogP contribution in [0.15, 0.2) is 18.2 Å². The van der Waals surface area contributed by atoms with E-state index in [4.69, 9.17) is 17.3 Å². The van der Waals surface area contributed by atoms with Crippen LogP contribution in [0.5, 0.6) is 0 Å². The minimum absolute atomic E-state index is 0.218. The third-order valence-corrected chi connectivity index (χ3v) is 2.27. The molecule has 72 valence electrons. The van der Waals surface area contributed by atoms with E-state index in [1.54, 1.807) is 12.1 Å². The normalized spacial score (nSPS) is 13.4. The monoisotopic (exact) mass is 201 g/mol. The van der Waals surface area contributed by atoms with Gasteiger partial charge in [0.15, 0.2) is 0 Å². The predicted molar refractivity (Wildman–Crippen MR) is 53.2 cm³/mol. The van der Waals surface area contributed by atoms with Gasteiger partial charge in [-0.05, 0) is 18.1 Å². The van der Waals surface area contributed by atoms with E-state index in [0.29, 0.717) is 10.6 Å². The summed E-state index contributed by atoms with van der Waals surface area (Å²) in [7, 11) is 0. The van der Waals surface area contributed by atoms with E-state index in [1.165, 1.54) is 6.07 Å². The second kappa shape index (κ2) is 4.07. The van der Waals surface area contributed by atoms with Gasteiger partial charge in [0.25, 0.3) is 0 Å². The number of benzene rings is 1. The number of hydrogen-bond acceptors (Lipinski definition) is 1. The van der Waals surface area contributed by atoms with Crippen LogP contribution in [0.4, 0.5) is 4.39 Å². The Hall–Kier alpha value is -0.600. The first-order valence-electron chi connectivity index (χ1n) is 4.23. The molecule has 0 saturated heterocycles. The molecule has 0 aliphatic rings. The average Bonchev–Trinajstić information content (AvgIpc) is 2.03. The average molecular weight is 202 g/mol. The van der Waals surface area contributed by atoms with Crippen LogP contribution < -0.4 is 5.73 Å². The van der Waals surface area contributed by atoms with Crippen LogP contribution in [0.25, 0.3) is 0 Å². The Morgan fingerprint density at radius 2 is 2.00 bits per heavy atom. The van der Waals surface area contributed by atoms with Gasteiger partial charge in [0.2, 0.25) is 0 Å². The molecular formula is C10H13ClFN. The lowest BCUT2D eigenvalue weighted by atomic mass is 9.97. The quantitative estimate of drug-likeness (QED) is 0.782. The molecule has 1 atom stereocenters. The van der Waals surface area contributed by atoms with Gasteiger partial charge >= 0.3 is 0 Å². The largest absolute Gasteiger partial charge is 0.324 e. The zero-order chi connectivity index (χ0) is 10.0. The van der Waals surface area contributed by atoms with Crippen molar-refractivity contribution in [1.82, 2.24) is 0 Å². The molecular weight excluding hydrogens is 189 g/mol. The van der Waals surface area contributed by atoms with Crippen LogP contribution >= 0.6 is 11.6 Å². The number of nitrogens with two attached hydrogens (primary N) is 1. The zero-order valence-corrected chi connectivity index (χ0v) is 8.48. The molecule has 0 amide bonds. The van der Waals surface area contributed by atoms with Crippen molar-refractivity contribution in [2.24, 2.45) is 11.7 Å². The van der Waals surface area contributed by atoms with Crippen LogP contribution in [0, 0.1) is 11.7 Å². The van der Waals surface area contributed by atoms with E-state index in [0.717, 1.165) is 0 Å². The zero-order valence-electron chi connectivity index (χ0n) is 7.72. The lowest BCUT2D eigenvalue weighted by Crippen LogP contribution is -2.17. The fraction of sp³-hybridized carbons (Fsp3) is 0.400. The van der Waals surface area contributed by atoms with E-state index >= 15 is 0 Å². The van der Waals surface area contributed by atoms with Crippen molar-refractivity contribution in [3.8, 4) is 0 Å². The van der Waals surface area contributed by atoms with Gasteiger partial charge in [-0.15, -0.1) is 0 Å². The van der Waals surface area contributed by atoms with Gasteiger partial charge in [-0.1, -0.05) is 31.5 Å². The van der Waals surface area contributed by atoms with Crippen LogP contribution in [-0.2, 0) is 0 Å². The summed E-state index contributed by atoms with van der Waals surface area (Å²) in [4.78, 5) is 0. The number of hydrogen-bond donors (Lipinski definition) is 1. The fourth-order valence-electron chi connectivity index (χ4n) is 1.13. The summed E-state index contributed by atoms with van der Waals surface area (Å²) in [6.45, 7) is 3.91. The van der Waals surface area contributed by atoms with Gasteiger partial charge < -0.3 is 5.73 Å². The number of halogens is 2. The van der Waals surface area contributed by atoms with Crippen molar-refractivity contribution in [3.63, 3.8) is 0 Å². The highest BCUT2D eigenvalue weighted by Gasteiger charge is 2.14. The van der Waals surface area contributed by atoms with Gasteiger partial charge in [0, 0.05) is 16.6 Å². The Morgan fingerprint density at radius 3 is 2.46 bits per heavy atom. The van der Waals surface area contributed by atoms with E-state index in [-0.39, 0.29) is 17.8 Å². The highest BCUT2D eigenvalue weighted by molar-refractivity contribution is 6.30. The van der Waals surface area contributed by atoms with Crippen molar-refractivity contribution in [2.75, 3.05) is 0 Å². The van der Waals surface area contributed by atoms with Crippen LogP contribution in [0.1, 0.15) is 25.5 Å². The molecule has 0 spiro atoms. The summed E-state index contributed by atoms with van der Waals surface area (Å²) >= 11 is 5.62. The number of rotatable bonds is 2. The molecule has 1 aromatic carbocycles. The van der Waals surface area contributed by atoms with E-state index in [9.17, 15) is 4.39 Å². The predicted octanol–water partition coefficient (Wildman–Crippen LogP) is 3.13. The van der Waals surface area contributed by atoms with E-state index in [1.807, 2.05) is 13.8 Å². The Kier molecular flexibility index (Phi) is 3.28. The summed E-state index contributed by atoms with van der Waals surface area (Å²) < 4.78 is 13.3. The van der Waals surface area contributed by atoms with Crippen molar-refractivity contribution in [3.05, 3.63) is 34.6 Å². The van der Waals surface area contributed by atoms with Gasteiger partial charge in [-0.2, -0.15) is 0 Å². The molecule has 13 heavy (non-hydrogen) atoms. The Labute approximate surface area is 82.7 Å². The van der Waals surface area contributed by atoms with Crippen molar-refractivity contribution >= 4 is 11.6 Å². The molecule has 0 saturated carbocycles. The SMILES string of the molecule is CC(C)[C@H](N)c1ccc(Cl)cc1F. The van der Waals surface area contributed by atoms with Gasteiger partial charge in [-0.25, -0.2) is 4.39 Å². The molecule has 0 aliphatic heterocycles. The van der Waals surface area contributed by atoms with E-state index in [2.05, 4.69) is 0 Å². The Morgan fingerprint density at radius 1 is 1.38 bits per heavy atom. The third-order valence-electron chi connectivity index (χ3n) is 2.04. The highest BCUT2D eigenvalue weighted by Crippen LogP contribution is 2.23. The summed E-state index contributed by atoms with van der Waals surface area (Å²) in [6.07, 6.45) is 0. The molecule has 3 heteroatoms. The molecule has 0 radical (unpaired) electrons. The van der Waals surface area contributed by atoms with Crippen molar-refractivity contribution in [2.45, 2.75) is 19.9 Å². The maximum atomic E-state index is 13.3. The molecule has 0 bridgehead atoms. The molecule has 0 heterocycles. The lowest BCUT2D eigenvalue weighted by molar-refractivity contribution is 0.485. The van der Waals surface area contributed by atoms with Crippen LogP contribution in [-0.4, -0.2) is 0 Å². The first kappa shape index (κ1) is 10.5. The third kappa shape index (κ3) is 2.42. The lowest BCUT2D eigenvalue weighted by Gasteiger charge is -2.16. The minimum Gasteiger partial charge on any atom is -0.324 e. The smallest absolute Gasteiger partial charge is 0.129 e. The summed E-state index contributed by atoms with van der Waals surface area (Å²) in [5.41, 5.74) is 6.33. The fourth-order valence-corrected chi connectivity index (χ4v) is 1.29.